The van der Waals surface area contributed by atoms with Gasteiger partial charge in [-0.1, -0.05) is 48.9 Å². The van der Waals surface area contributed by atoms with Crippen LogP contribution < -0.4 is 0 Å². The highest BCUT2D eigenvalue weighted by molar-refractivity contribution is 6.03. The number of piperidine rings is 1. The number of rotatable bonds is 6. The van der Waals surface area contributed by atoms with Crippen molar-refractivity contribution >= 4 is 17.3 Å². The smallest absolute Gasteiger partial charge is 0.270 e. The van der Waals surface area contributed by atoms with Gasteiger partial charge < -0.3 is 4.90 Å². The van der Waals surface area contributed by atoms with Crippen molar-refractivity contribution in [3.8, 4) is 0 Å². The Kier molecular flexibility index (Phi) is 6.65. The molecular weight excluding hydrogens is 404 g/mol. The average Bonchev–Trinajstić information content (AvgIpc) is 3.25. The van der Waals surface area contributed by atoms with Crippen molar-refractivity contribution in [2.24, 2.45) is 11.0 Å². The lowest BCUT2D eigenvalue weighted by atomic mass is 9.97. The summed E-state index contributed by atoms with van der Waals surface area (Å²) in [6, 6.07) is 14.5. The Bertz CT molecular complexity index is 1010. The molecule has 7 nitrogen and oxygen atoms in total. The molecule has 0 N–H and O–H groups in total. The lowest BCUT2D eigenvalue weighted by molar-refractivity contribution is -0.384. The van der Waals surface area contributed by atoms with Gasteiger partial charge in [0.1, 0.15) is 0 Å². The van der Waals surface area contributed by atoms with E-state index in [0.717, 1.165) is 36.7 Å². The van der Waals surface area contributed by atoms with Gasteiger partial charge in [-0.15, -0.1) is 0 Å². The van der Waals surface area contributed by atoms with Crippen molar-refractivity contribution in [2.45, 2.75) is 45.6 Å². The molecule has 1 amide bonds. The molecule has 7 heteroatoms. The number of nitro groups is 1. The second-order valence-corrected chi connectivity index (χ2v) is 9.00. The van der Waals surface area contributed by atoms with Crippen LogP contribution in [0.4, 0.5) is 5.69 Å². The fraction of sp³-hybridized carbons (Fsp3) is 0.440. The van der Waals surface area contributed by atoms with E-state index >= 15 is 0 Å². The number of likely N-dealkylation sites (tertiary alicyclic amines) is 1. The van der Waals surface area contributed by atoms with E-state index in [1.54, 1.807) is 11.1 Å². The van der Waals surface area contributed by atoms with Crippen LogP contribution in [0.1, 0.15) is 55.3 Å². The predicted molar refractivity (Wildman–Crippen MR) is 124 cm³/mol. The SMILES string of the molecule is Cc1ccc([C@H]2CC(c3cccc([N+](=O)[O-])c3)=NN2C(=O)CCN2CCC(C)CC2)cc1. The summed E-state index contributed by atoms with van der Waals surface area (Å²) >= 11 is 0. The van der Waals surface area contributed by atoms with Gasteiger partial charge in [0, 0.05) is 37.1 Å². The molecule has 0 radical (unpaired) electrons. The van der Waals surface area contributed by atoms with Gasteiger partial charge in [-0.25, -0.2) is 5.01 Å². The van der Waals surface area contributed by atoms with E-state index in [0.29, 0.717) is 24.1 Å². The van der Waals surface area contributed by atoms with Crippen LogP contribution in [-0.2, 0) is 4.79 Å². The largest absolute Gasteiger partial charge is 0.303 e. The minimum Gasteiger partial charge on any atom is -0.303 e. The molecule has 1 fully saturated rings. The van der Waals surface area contributed by atoms with Gasteiger partial charge in [0.15, 0.2) is 0 Å². The van der Waals surface area contributed by atoms with E-state index < -0.39 is 4.92 Å². The van der Waals surface area contributed by atoms with Crippen LogP contribution >= 0.6 is 0 Å². The highest BCUT2D eigenvalue weighted by Gasteiger charge is 2.33. The molecule has 0 aromatic heterocycles. The minimum atomic E-state index is -0.404. The summed E-state index contributed by atoms with van der Waals surface area (Å²) in [4.78, 5) is 26.4. The molecule has 1 atom stereocenters. The Morgan fingerprint density at radius 3 is 2.56 bits per heavy atom. The molecule has 2 aromatic carbocycles. The molecule has 2 aliphatic rings. The van der Waals surface area contributed by atoms with Crippen LogP contribution in [0.25, 0.3) is 0 Å². The molecule has 0 unspecified atom stereocenters. The third kappa shape index (κ3) is 5.05. The molecule has 32 heavy (non-hydrogen) atoms. The molecule has 4 rings (SSSR count). The first-order chi connectivity index (χ1) is 15.4. The summed E-state index contributed by atoms with van der Waals surface area (Å²) in [5.41, 5.74) is 3.61. The first-order valence-electron chi connectivity index (χ1n) is 11.3. The lowest BCUT2D eigenvalue weighted by Gasteiger charge is -2.30. The minimum absolute atomic E-state index is 0.00497. The highest BCUT2D eigenvalue weighted by Crippen LogP contribution is 2.34. The van der Waals surface area contributed by atoms with Gasteiger partial charge >= 0.3 is 0 Å². The second-order valence-electron chi connectivity index (χ2n) is 9.00. The zero-order chi connectivity index (χ0) is 22.7. The van der Waals surface area contributed by atoms with Gasteiger partial charge in [-0.05, 0) is 44.3 Å². The number of hydrogen-bond donors (Lipinski definition) is 0. The number of non-ortho nitro benzene ring substituents is 1. The Morgan fingerprint density at radius 1 is 1.16 bits per heavy atom. The standard InChI is InChI=1S/C25H30N4O3/c1-18-6-8-20(9-7-18)24-17-23(21-4-3-5-22(16-21)29(31)32)26-28(24)25(30)12-15-27-13-10-19(2)11-14-27/h3-9,16,19,24H,10-15,17H2,1-2H3/t24-/m1/s1. The van der Waals surface area contributed by atoms with E-state index in [2.05, 4.69) is 16.9 Å². The monoisotopic (exact) mass is 434 g/mol. The molecule has 0 saturated carbocycles. The van der Waals surface area contributed by atoms with E-state index in [1.165, 1.54) is 25.0 Å². The van der Waals surface area contributed by atoms with E-state index in [9.17, 15) is 14.9 Å². The normalized spacial score (nSPS) is 19.8. The van der Waals surface area contributed by atoms with Gasteiger partial charge in [0.2, 0.25) is 5.91 Å². The number of aryl methyl sites for hydroxylation is 1. The van der Waals surface area contributed by atoms with Crippen LogP contribution in [0.3, 0.4) is 0 Å². The predicted octanol–water partition coefficient (Wildman–Crippen LogP) is 4.70. The van der Waals surface area contributed by atoms with Crippen molar-refractivity contribution in [1.29, 1.82) is 0 Å². The zero-order valence-corrected chi connectivity index (χ0v) is 18.7. The maximum atomic E-state index is 13.2. The molecule has 1 saturated heterocycles. The van der Waals surface area contributed by atoms with Crippen LogP contribution in [0.5, 0.6) is 0 Å². The van der Waals surface area contributed by atoms with Crippen LogP contribution in [0.2, 0.25) is 0 Å². The maximum absolute atomic E-state index is 13.2. The molecule has 2 aliphatic heterocycles. The number of hydrogen-bond acceptors (Lipinski definition) is 5. The molecule has 2 heterocycles. The first-order valence-corrected chi connectivity index (χ1v) is 11.3. The van der Waals surface area contributed by atoms with Crippen molar-refractivity contribution < 1.29 is 9.72 Å². The third-order valence-electron chi connectivity index (χ3n) is 6.54. The Labute approximate surface area is 188 Å². The number of amides is 1. The Balaban J connectivity index is 1.55. The number of nitrogens with zero attached hydrogens (tertiary/aromatic N) is 4. The van der Waals surface area contributed by atoms with Crippen LogP contribution in [0, 0.1) is 23.0 Å². The number of carbonyl (C=O) groups excluding carboxylic acids is 1. The van der Waals surface area contributed by atoms with Crippen LogP contribution in [-0.4, -0.2) is 46.1 Å². The molecule has 2 aromatic rings. The lowest BCUT2D eigenvalue weighted by Crippen LogP contribution is -2.36. The topological polar surface area (TPSA) is 79.0 Å². The van der Waals surface area contributed by atoms with Crippen molar-refractivity contribution in [2.75, 3.05) is 19.6 Å². The fourth-order valence-electron chi connectivity index (χ4n) is 4.42. The van der Waals surface area contributed by atoms with Gasteiger partial charge in [-0.2, -0.15) is 5.10 Å². The number of carbonyl (C=O) groups is 1. The summed E-state index contributed by atoms with van der Waals surface area (Å²) in [6.45, 7) is 7.13. The van der Waals surface area contributed by atoms with E-state index in [1.807, 2.05) is 37.3 Å². The van der Waals surface area contributed by atoms with Gasteiger partial charge in [0.25, 0.3) is 5.69 Å². The van der Waals surface area contributed by atoms with Crippen molar-refractivity contribution in [3.63, 3.8) is 0 Å². The summed E-state index contributed by atoms with van der Waals surface area (Å²) in [5.74, 6) is 0.753. The van der Waals surface area contributed by atoms with Crippen molar-refractivity contribution in [3.05, 3.63) is 75.3 Å². The third-order valence-corrected chi connectivity index (χ3v) is 6.54. The Hall–Kier alpha value is -3.06. The zero-order valence-electron chi connectivity index (χ0n) is 18.7. The number of benzene rings is 2. The Morgan fingerprint density at radius 2 is 1.88 bits per heavy atom. The molecule has 168 valence electrons. The first kappa shape index (κ1) is 22.1. The fourth-order valence-corrected chi connectivity index (χ4v) is 4.42. The van der Waals surface area contributed by atoms with Gasteiger partial charge in [-0.3, -0.25) is 14.9 Å². The molecule has 0 bridgehead atoms. The highest BCUT2D eigenvalue weighted by atomic mass is 16.6. The average molecular weight is 435 g/mol. The van der Waals surface area contributed by atoms with Crippen molar-refractivity contribution in [1.82, 2.24) is 9.91 Å². The van der Waals surface area contributed by atoms with E-state index in [4.69, 9.17) is 0 Å². The summed E-state index contributed by atoms with van der Waals surface area (Å²) < 4.78 is 0. The van der Waals surface area contributed by atoms with Gasteiger partial charge in [0.05, 0.1) is 16.7 Å². The number of nitro benzene ring substituents is 1. The summed E-state index contributed by atoms with van der Waals surface area (Å²) in [7, 11) is 0. The summed E-state index contributed by atoms with van der Waals surface area (Å²) in [5, 5.41) is 17.5. The number of hydrazone groups is 1. The van der Waals surface area contributed by atoms with E-state index in [-0.39, 0.29) is 17.6 Å². The van der Waals surface area contributed by atoms with Crippen LogP contribution in [0.15, 0.2) is 53.6 Å². The molecular formula is C25H30N4O3. The molecule has 0 aliphatic carbocycles. The maximum Gasteiger partial charge on any atom is 0.270 e. The summed E-state index contributed by atoms with van der Waals surface area (Å²) in [6.07, 6.45) is 3.32. The second kappa shape index (κ2) is 9.61. The molecule has 0 spiro atoms. The quantitative estimate of drug-likeness (QED) is 0.487.